The Morgan fingerprint density at radius 2 is 2.08 bits per heavy atom. The quantitative estimate of drug-likeness (QED) is 0.747. The lowest BCUT2D eigenvalue weighted by atomic mass is 10.3. The normalized spacial score (nSPS) is 10.2. The largest absolute Gasteiger partial charge is 0.475 e. The van der Waals surface area contributed by atoms with Crippen molar-refractivity contribution in [2.75, 3.05) is 13.2 Å². The summed E-state index contributed by atoms with van der Waals surface area (Å²) in [4.78, 5) is 8.00. The van der Waals surface area contributed by atoms with Crippen LogP contribution in [0.2, 0.25) is 5.15 Å². The third-order valence-electron chi connectivity index (χ3n) is 1.48. The summed E-state index contributed by atoms with van der Waals surface area (Å²) in [6, 6.07) is 0. The first-order valence-corrected chi connectivity index (χ1v) is 4.27. The highest BCUT2D eigenvalue weighted by Crippen LogP contribution is 2.21. The zero-order valence-corrected chi connectivity index (χ0v) is 8.30. The lowest BCUT2D eigenvalue weighted by Crippen LogP contribution is -2.06. The molecule has 0 saturated carbocycles. The van der Waals surface area contributed by atoms with Gasteiger partial charge < -0.3 is 9.84 Å². The Morgan fingerprint density at radius 1 is 1.38 bits per heavy atom. The van der Waals surface area contributed by atoms with Crippen LogP contribution in [0.25, 0.3) is 0 Å². The second kappa shape index (κ2) is 4.39. The van der Waals surface area contributed by atoms with Crippen LogP contribution in [0.1, 0.15) is 11.4 Å². The van der Waals surface area contributed by atoms with E-state index in [-0.39, 0.29) is 13.2 Å². The van der Waals surface area contributed by atoms with E-state index in [4.69, 9.17) is 21.4 Å². The summed E-state index contributed by atoms with van der Waals surface area (Å²) in [5.41, 5.74) is 0.695. The molecule has 13 heavy (non-hydrogen) atoms. The van der Waals surface area contributed by atoms with Crippen LogP contribution in [0.4, 0.5) is 0 Å². The van der Waals surface area contributed by atoms with Crippen LogP contribution in [-0.4, -0.2) is 28.3 Å². The van der Waals surface area contributed by atoms with Gasteiger partial charge in [0.15, 0.2) is 0 Å². The van der Waals surface area contributed by atoms with Gasteiger partial charge in [0.05, 0.1) is 6.61 Å². The van der Waals surface area contributed by atoms with Gasteiger partial charge in [0.1, 0.15) is 17.6 Å². The standard InChI is InChI=1S/C8H11ClN2O2/c1-5-7(9)10-6(2)11-8(5)13-4-3-12/h12H,3-4H2,1-2H3. The molecule has 1 aromatic rings. The van der Waals surface area contributed by atoms with Gasteiger partial charge in [0.25, 0.3) is 0 Å². The molecular weight excluding hydrogens is 192 g/mol. The van der Waals surface area contributed by atoms with Crippen LogP contribution >= 0.6 is 11.6 Å². The Balaban J connectivity index is 2.92. The minimum absolute atomic E-state index is 0.0416. The molecule has 0 radical (unpaired) electrons. The minimum atomic E-state index is -0.0416. The Kier molecular flexibility index (Phi) is 3.45. The predicted octanol–water partition coefficient (Wildman–Crippen LogP) is 1.12. The van der Waals surface area contributed by atoms with Crippen molar-refractivity contribution >= 4 is 11.6 Å². The monoisotopic (exact) mass is 202 g/mol. The van der Waals surface area contributed by atoms with Gasteiger partial charge in [-0.15, -0.1) is 0 Å². The number of aliphatic hydroxyl groups is 1. The van der Waals surface area contributed by atoms with Crippen molar-refractivity contribution in [3.05, 3.63) is 16.5 Å². The maximum atomic E-state index is 8.56. The number of nitrogens with zero attached hydrogens (tertiary/aromatic N) is 2. The van der Waals surface area contributed by atoms with E-state index >= 15 is 0 Å². The molecular formula is C8H11ClN2O2. The predicted molar refractivity (Wildman–Crippen MR) is 49.1 cm³/mol. The molecule has 1 N–H and O–H groups in total. The second-order valence-electron chi connectivity index (χ2n) is 2.56. The Hall–Kier alpha value is -0.870. The molecule has 0 atom stereocenters. The van der Waals surface area contributed by atoms with Crippen LogP contribution < -0.4 is 4.74 Å². The van der Waals surface area contributed by atoms with E-state index in [1.165, 1.54) is 0 Å². The molecule has 72 valence electrons. The highest BCUT2D eigenvalue weighted by Gasteiger charge is 2.07. The van der Waals surface area contributed by atoms with Crippen molar-refractivity contribution < 1.29 is 9.84 Å². The van der Waals surface area contributed by atoms with E-state index in [1.807, 2.05) is 0 Å². The fraction of sp³-hybridized carbons (Fsp3) is 0.500. The van der Waals surface area contributed by atoms with E-state index in [0.29, 0.717) is 22.4 Å². The minimum Gasteiger partial charge on any atom is -0.475 e. The molecule has 0 aliphatic heterocycles. The maximum Gasteiger partial charge on any atom is 0.221 e. The van der Waals surface area contributed by atoms with Crippen LogP contribution in [0.3, 0.4) is 0 Å². The van der Waals surface area contributed by atoms with Crippen molar-refractivity contribution in [2.45, 2.75) is 13.8 Å². The topological polar surface area (TPSA) is 55.2 Å². The molecule has 0 spiro atoms. The van der Waals surface area contributed by atoms with Gasteiger partial charge in [0.2, 0.25) is 5.88 Å². The number of rotatable bonds is 3. The van der Waals surface area contributed by atoms with Crippen LogP contribution in [0.15, 0.2) is 0 Å². The lowest BCUT2D eigenvalue weighted by molar-refractivity contribution is 0.195. The summed E-state index contributed by atoms with van der Waals surface area (Å²) >= 11 is 5.80. The van der Waals surface area contributed by atoms with E-state index < -0.39 is 0 Å². The molecule has 0 aromatic carbocycles. The number of ether oxygens (including phenoxy) is 1. The Labute approximate surface area is 81.5 Å². The van der Waals surface area contributed by atoms with Crippen molar-refractivity contribution in [2.24, 2.45) is 0 Å². The number of halogens is 1. The molecule has 4 nitrogen and oxygen atoms in total. The summed E-state index contributed by atoms with van der Waals surface area (Å²) < 4.78 is 5.16. The first-order valence-electron chi connectivity index (χ1n) is 3.89. The van der Waals surface area contributed by atoms with Gasteiger partial charge in [-0.25, -0.2) is 4.98 Å². The summed E-state index contributed by atoms with van der Waals surface area (Å²) in [6.07, 6.45) is 0. The zero-order chi connectivity index (χ0) is 9.84. The molecule has 1 aromatic heterocycles. The second-order valence-corrected chi connectivity index (χ2v) is 2.92. The van der Waals surface area contributed by atoms with Gasteiger partial charge in [-0.05, 0) is 13.8 Å². The Morgan fingerprint density at radius 3 is 2.69 bits per heavy atom. The van der Waals surface area contributed by atoms with E-state index in [1.54, 1.807) is 13.8 Å². The summed E-state index contributed by atoms with van der Waals surface area (Å²) in [6.45, 7) is 3.68. The molecule has 0 aliphatic carbocycles. The zero-order valence-electron chi connectivity index (χ0n) is 7.54. The molecule has 0 amide bonds. The molecule has 0 bridgehead atoms. The number of aliphatic hydroxyl groups excluding tert-OH is 1. The third kappa shape index (κ3) is 2.54. The molecule has 1 rings (SSSR count). The third-order valence-corrected chi connectivity index (χ3v) is 1.85. The van der Waals surface area contributed by atoms with E-state index in [9.17, 15) is 0 Å². The Bertz CT molecular complexity index is 304. The maximum absolute atomic E-state index is 8.56. The van der Waals surface area contributed by atoms with Gasteiger partial charge in [-0.1, -0.05) is 11.6 Å². The summed E-state index contributed by atoms with van der Waals surface area (Å²) in [5, 5.41) is 8.94. The fourth-order valence-corrected chi connectivity index (χ4v) is 1.06. The number of aryl methyl sites for hydroxylation is 1. The number of hydrogen-bond acceptors (Lipinski definition) is 4. The van der Waals surface area contributed by atoms with Crippen molar-refractivity contribution in [3.63, 3.8) is 0 Å². The van der Waals surface area contributed by atoms with Crippen molar-refractivity contribution in [1.29, 1.82) is 0 Å². The smallest absolute Gasteiger partial charge is 0.221 e. The SMILES string of the molecule is Cc1nc(Cl)c(C)c(OCCO)n1. The fourth-order valence-electron chi connectivity index (χ4n) is 0.853. The van der Waals surface area contributed by atoms with E-state index in [2.05, 4.69) is 9.97 Å². The molecule has 5 heteroatoms. The van der Waals surface area contributed by atoms with Crippen molar-refractivity contribution in [3.8, 4) is 5.88 Å². The first-order chi connectivity index (χ1) is 6.15. The highest BCUT2D eigenvalue weighted by molar-refractivity contribution is 6.30. The molecule has 1 heterocycles. The molecule has 0 saturated heterocycles. The molecule has 0 unspecified atom stereocenters. The number of aromatic nitrogens is 2. The van der Waals surface area contributed by atoms with Crippen molar-refractivity contribution in [1.82, 2.24) is 9.97 Å². The van der Waals surface area contributed by atoms with E-state index in [0.717, 1.165) is 0 Å². The van der Waals surface area contributed by atoms with Crippen LogP contribution in [0.5, 0.6) is 5.88 Å². The summed E-state index contributed by atoms with van der Waals surface area (Å²) in [5.74, 6) is 0.995. The number of hydrogen-bond donors (Lipinski definition) is 1. The molecule has 0 fully saturated rings. The first kappa shape index (κ1) is 10.2. The van der Waals surface area contributed by atoms with Gasteiger partial charge in [-0.2, -0.15) is 4.98 Å². The lowest BCUT2D eigenvalue weighted by Gasteiger charge is -2.07. The molecule has 0 aliphatic rings. The van der Waals surface area contributed by atoms with Crippen LogP contribution in [-0.2, 0) is 0 Å². The van der Waals surface area contributed by atoms with Gasteiger partial charge >= 0.3 is 0 Å². The van der Waals surface area contributed by atoms with Gasteiger partial charge in [0, 0.05) is 5.56 Å². The highest BCUT2D eigenvalue weighted by atomic mass is 35.5. The average Bonchev–Trinajstić information content (AvgIpc) is 2.09. The average molecular weight is 203 g/mol. The van der Waals surface area contributed by atoms with Crippen LogP contribution in [0, 0.1) is 13.8 Å². The summed E-state index contributed by atoms with van der Waals surface area (Å²) in [7, 11) is 0. The van der Waals surface area contributed by atoms with Gasteiger partial charge in [-0.3, -0.25) is 0 Å².